The van der Waals surface area contributed by atoms with Crippen LogP contribution < -0.4 is 5.73 Å². The van der Waals surface area contributed by atoms with E-state index in [0.717, 1.165) is 0 Å². The number of allylic oxidation sites excluding steroid dienone is 4. The van der Waals surface area contributed by atoms with Crippen LogP contribution in [0.5, 0.6) is 0 Å². The Morgan fingerprint density at radius 2 is 2.00 bits per heavy atom. The Morgan fingerprint density at radius 3 is 2.61 bits per heavy atom. The Hall–Kier alpha value is -2.41. The van der Waals surface area contributed by atoms with Crippen LogP contribution in [-0.4, -0.2) is 30.6 Å². The van der Waals surface area contributed by atoms with Gasteiger partial charge in [-0.15, -0.1) is 0 Å². The molecule has 7 nitrogen and oxygen atoms in total. The number of ketones is 1. The highest BCUT2D eigenvalue weighted by Crippen LogP contribution is 2.36. The largest absolute Gasteiger partial charge is 0.511 e. The summed E-state index contributed by atoms with van der Waals surface area (Å²) in [6.45, 7) is 5.87. The van der Waals surface area contributed by atoms with E-state index in [1.165, 1.54) is 18.5 Å². The van der Waals surface area contributed by atoms with Crippen molar-refractivity contribution in [2.75, 3.05) is 5.73 Å². The van der Waals surface area contributed by atoms with E-state index >= 15 is 0 Å². The molecule has 1 unspecified atom stereocenters. The van der Waals surface area contributed by atoms with Gasteiger partial charge < -0.3 is 10.8 Å². The number of hydrogen-bond acceptors (Lipinski definition) is 6. The standard InChI is InChI=1S/C15H16ClN5O2/c1-15(2,3)21-14-11(13(17)18-6-19-14)12(20-21)10-8(22)4-7(16)5-9(10)23/h4-6,10,22H,1-3H3,(H2,17,18,19). The van der Waals surface area contributed by atoms with Crippen LogP contribution in [0.15, 0.2) is 29.3 Å². The zero-order valence-electron chi connectivity index (χ0n) is 12.9. The van der Waals surface area contributed by atoms with E-state index < -0.39 is 5.92 Å². The summed E-state index contributed by atoms with van der Waals surface area (Å²) in [5.41, 5.74) is 6.43. The normalized spacial score (nSPS) is 19.0. The number of aliphatic hydroxyl groups excluding tert-OH is 1. The van der Waals surface area contributed by atoms with Crippen molar-refractivity contribution in [2.24, 2.45) is 0 Å². The van der Waals surface area contributed by atoms with Gasteiger partial charge in [-0.1, -0.05) is 11.6 Å². The van der Waals surface area contributed by atoms with E-state index in [2.05, 4.69) is 15.1 Å². The molecule has 8 heteroatoms. The number of fused-ring (bicyclic) bond motifs is 1. The van der Waals surface area contributed by atoms with Crippen LogP contribution in [0.25, 0.3) is 11.0 Å². The van der Waals surface area contributed by atoms with Crippen LogP contribution in [-0.2, 0) is 10.3 Å². The molecule has 0 radical (unpaired) electrons. The van der Waals surface area contributed by atoms with Gasteiger partial charge in [-0.3, -0.25) is 4.79 Å². The smallest absolute Gasteiger partial charge is 0.173 e. The fraction of sp³-hybridized carbons (Fsp3) is 0.333. The van der Waals surface area contributed by atoms with Crippen molar-refractivity contribution in [1.82, 2.24) is 19.7 Å². The number of nitrogens with zero attached hydrogens (tertiary/aromatic N) is 4. The van der Waals surface area contributed by atoms with E-state index in [0.29, 0.717) is 16.7 Å². The van der Waals surface area contributed by atoms with Gasteiger partial charge in [0.2, 0.25) is 0 Å². The van der Waals surface area contributed by atoms with Gasteiger partial charge in [-0.05, 0) is 26.8 Å². The van der Waals surface area contributed by atoms with E-state index in [1.54, 1.807) is 4.68 Å². The van der Waals surface area contributed by atoms with Gasteiger partial charge in [0.1, 0.15) is 23.8 Å². The third-order valence-electron chi connectivity index (χ3n) is 3.58. The first-order chi connectivity index (χ1) is 10.7. The maximum absolute atomic E-state index is 12.3. The van der Waals surface area contributed by atoms with E-state index in [9.17, 15) is 9.90 Å². The number of anilines is 1. The quantitative estimate of drug-likeness (QED) is 0.829. The number of halogens is 1. The summed E-state index contributed by atoms with van der Waals surface area (Å²) >= 11 is 5.82. The molecule has 2 aromatic heterocycles. The zero-order valence-corrected chi connectivity index (χ0v) is 13.7. The SMILES string of the molecule is CC(C)(C)n1nc(C2C(=O)C=C(Cl)C=C2O)c2c(N)ncnc21. The number of aromatic nitrogens is 4. The third kappa shape index (κ3) is 2.46. The molecule has 0 saturated heterocycles. The van der Waals surface area contributed by atoms with Crippen LogP contribution in [0, 0.1) is 0 Å². The van der Waals surface area contributed by atoms with Gasteiger partial charge in [-0.25, -0.2) is 14.6 Å². The summed E-state index contributed by atoms with van der Waals surface area (Å²) in [6.07, 6.45) is 3.93. The van der Waals surface area contributed by atoms with Crippen molar-refractivity contribution < 1.29 is 9.90 Å². The lowest BCUT2D eigenvalue weighted by Crippen LogP contribution is -2.24. The van der Waals surface area contributed by atoms with E-state index in [4.69, 9.17) is 17.3 Å². The first-order valence-corrected chi connectivity index (χ1v) is 7.39. The average Bonchev–Trinajstić information content (AvgIpc) is 2.78. The van der Waals surface area contributed by atoms with Crippen molar-refractivity contribution in [2.45, 2.75) is 32.2 Å². The summed E-state index contributed by atoms with van der Waals surface area (Å²) in [6, 6.07) is 0. The highest BCUT2D eigenvalue weighted by atomic mass is 35.5. The molecule has 2 heterocycles. The van der Waals surface area contributed by atoms with Gasteiger partial charge in [0.25, 0.3) is 0 Å². The predicted molar refractivity (Wildman–Crippen MR) is 87.1 cm³/mol. The molecule has 0 fully saturated rings. The Balaban J connectivity index is 2.31. The van der Waals surface area contributed by atoms with Crippen molar-refractivity contribution in [3.63, 3.8) is 0 Å². The molecule has 0 spiro atoms. The molecule has 3 N–H and O–H groups in total. The third-order valence-corrected chi connectivity index (χ3v) is 3.79. The van der Waals surface area contributed by atoms with Crippen LogP contribution >= 0.6 is 11.6 Å². The second-order valence-electron chi connectivity index (χ2n) is 6.36. The summed E-state index contributed by atoms with van der Waals surface area (Å²) in [5.74, 6) is -1.29. The number of hydrogen-bond donors (Lipinski definition) is 2. The number of rotatable bonds is 1. The van der Waals surface area contributed by atoms with E-state index in [1.807, 2.05) is 20.8 Å². The molecule has 1 atom stereocenters. The number of aliphatic hydroxyl groups is 1. The highest BCUT2D eigenvalue weighted by molar-refractivity contribution is 6.33. The zero-order chi connectivity index (χ0) is 16.9. The lowest BCUT2D eigenvalue weighted by molar-refractivity contribution is -0.116. The lowest BCUT2D eigenvalue weighted by atomic mass is 9.92. The summed E-state index contributed by atoms with van der Waals surface area (Å²) in [4.78, 5) is 20.6. The van der Waals surface area contributed by atoms with Gasteiger partial charge in [0.15, 0.2) is 11.4 Å². The van der Waals surface area contributed by atoms with Crippen LogP contribution in [0.1, 0.15) is 32.4 Å². The summed E-state index contributed by atoms with van der Waals surface area (Å²) < 4.78 is 1.68. The number of nitrogen functional groups attached to an aromatic ring is 1. The van der Waals surface area contributed by atoms with Crippen molar-refractivity contribution in [3.8, 4) is 0 Å². The minimum absolute atomic E-state index is 0.174. The van der Waals surface area contributed by atoms with Gasteiger partial charge >= 0.3 is 0 Å². The lowest BCUT2D eigenvalue weighted by Gasteiger charge is -2.20. The molecule has 120 valence electrons. The molecule has 1 aliphatic rings. The first kappa shape index (κ1) is 15.5. The topological polar surface area (TPSA) is 107 Å². The molecular weight excluding hydrogens is 318 g/mol. The second kappa shape index (κ2) is 5.06. The molecular formula is C15H16ClN5O2. The predicted octanol–water partition coefficient (Wildman–Crippen LogP) is 2.39. The number of nitrogens with two attached hydrogens (primary N) is 1. The molecule has 23 heavy (non-hydrogen) atoms. The van der Waals surface area contributed by atoms with Crippen molar-refractivity contribution >= 4 is 34.2 Å². The van der Waals surface area contributed by atoms with Crippen LogP contribution in [0.4, 0.5) is 5.82 Å². The Labute approximate surface area is 137 Å². The second-order valence-corrected chi connectivity index (χ2v) is 6.80. The fourth-order valence-electron chi connectivity index (χ4n) is 2.58. The van der Waals surface area contributed by atoms with Crippen molar-refractivity contribution in [1.29, 1.82) is 0 Å². The van der Waals surface area contributed by atoms with Gasteiger partial charge in [0, 0.05) is 11.1 Å². The van der Waals surface area contributed by atoms with Crippen LogP contribution in [0.2, 0.25) is 0 Å². The van der Waals surface area contributed by atoms with Gasteiger partial charge in [0.05, 0.1) is 16.6 Å². The molecule has 3 rings (SSSR count). The molecule has 2 aromatic rings. The fourth-order valence-corrected chi connectivity index (χ4v) is 2.80. The monoisotopic (exact) mass is 333 g/mol. The molecule has 0 amide bonds. The summed E-state index contributed by atoms with van der Waals surface area (Å²) in [7, 11) is 0. The van der Waals surface area contributed by atoms with Gasteiger partial charge in [-0.2, -0.15) is 5.10 Å². The molecule has 0 aliphatic heterocycles. The molecule has 1 aliphatic carbocycles. The van der Waals surface area contributed by atoms with Crippen LogP contribution in [0.3, 0.4) is 0 Å². The first-order valence-electron chi connectivity index (χ1n) is 7.01. The van der Waals surface area contributed by atoms with E-state index in [-0.39, 0.29) is 27.9 Å². The minimum atomic E-state index is -0.961. The average molecular weight is 334 g/mol. The Bertz CT molecular complexity index is 876. The maximum Gasteiger partial charge on any atom is 0.173 e. The minimum Gasteiger partial charge on any atom is -0.511 e. The highest BCUT2D eigenvalue weighted by Gasteiger charge is 2.34. The Morgan fingerprint density at radius 1 is 1.30 bits per heavy atom. The number of carbonyl (C=O) groups is 1. The molecule has 0 bridgehead atoms. The molecule has 0 saturated carbocycles. The number of carbonyl (C=O) groups excluding carboxylic acids is 1. The maximum atomic E-state index is 12.3. The molecule has 0 aromatic carbocycles. The van der Waals surface area contributed by atoms with Crippen molar-refractivity contribution in [3.05, 3.63) is 35.0 Å². The summed E-state index contributed by atoms with van der Waals surface area (Å²) in [5, 5.41) is 15.4. The Kier molecular flexibility index (Phi) is 3.40.